The monoisotopic (exact) mass is 488 g/mol. The average molecular weight is 488 g/mol. The van der Waals surface area contributed by atoms with E-state index in [2.05, 4.69) is 71.6 Å². The van der Waals surface area contributed by atoms with Crippen LogP contribution in [-0.4, -0.2) is 63.3 Å². The number of morpholine rings is 1. The Labute approximate surface area is 182 Å². The normalized spacial score (nSPS) is 19.4. The number of rotatable bonds is 8. The number of nitrogens with one attached hydrogen (secondary N) is 2. The van der Waals surface area contributed by atoms with Crippen LogP contribution in [0.1, 0.15) is 38.7 Å². The lowest BCUT2D eigenvalue weighted by atomic mass is 9.98. The van der Waals surface area contributed by atoms with Gasteiger partial charge in [-0.15, -0.1) is 24.0 Å². The summed E-state index contributed by atoms with van der Waals surface area (Å²) in [5.41, 5.74) is 1.39. The van der Waals surface area contributed by atoms with E-state index in [1.807, 2.05) is 7.05 Å². The van der Waals surface area contributed by atoms with Gasteiger partial charge in [0, 0.05) is 39.8 Å². The average Bonchev–Trinajstić information content (AvgIpc) is 2.65. The molecule has 0 aliphatic carbocycles. The van der Waals surface area contributed by atoms with Gasteiger partial charge in [-0.1, -0.05) is 51.1 Å². The summed E-state index contributed by atoms with van der Waals surface area (Å²) in [7, 11) is 1.82. The molecule has 1 aliphatic heterocycles. The Hall–Kier alpha value is -0.860. The second-order valence-electron chi connectivity index (χ2n) is 7.63. The van der Waals surface area contributed by atoms with E-state index in [0.717, 1.165) is 51.7 Å². The van der Waals surface area contributed by atoms with Crippen molar-refractivity contribution < 1.29 is 4.74 Å². The highest BCUT2D eigenvalue weighted by Crippen LogP contribution is 2.17. The first kappa shape index (κ1) is 24.2. The van der Waals surface area contributed by atoms with Crippen LogP contribution in [0.2, 0.25) is 0 Å². The minimum absolute atomic E-state index is 0. The Morgan fingerprint density at radius 3 is 2.63 bits per heavy atom. The van der Waals surface area contributed by atoms with E-state index in [1.165, 1.54) is 5.56 Å². The van der Waals surface area contributed by atoms with Crippen LogP contribution in [0, 0.1) is 5.92 Å². The molecule has 27 heavy (non-hydrogen) atoms. The van der Waals surface area contributed by atoms with Gasteiger partial charge in [-0.3, -0.25) is 9.89 Å². The van der Waals surface area contributed by atoms with E-state index >= 15 is 0 Å². The molecule has 0 bridgehead atoms. The SMILES string of the molecule is CN=C(NCCC(C)c1ccccc1)NCC1CN(CC(C)C)CCO1.I. The van der Waals surface area contributed by atoms with Gasteiger partial charge in [-0.2, -0.15) is 0 Å². The number of guanidine groups is 1. The third-order valence-electron chi connectivity index (χ3n) is 4.81. The zero-order valence-electron chi connectivity index (χ0n) is 17.3. The molecule has 0 spiro atoms. The predicted octanol–water partition coefficient (Wildman–Crippen LogP) is 3.32. The van der Waals surface area contributed by atoms with Gasteiger partial charge in [0.15, 0.2) is 5.96 Å². The molecule has 2 rings (SSSR count). The third kappa shape index (κ3) is 9.25. The Morgan fingerprint density at radius 1 is 1.22 bits per heavy atom. The first-order valence-electron chi connectivity index (χ1n) is 9.92. The molecule has 1 aromatic rings. The van der Waals surface area contributed by atoms with Gasteiger partial charge in [0.25, 0.3) is 0 Å². The molecule has 0 saturated carbocycles. The summed E-state index contributed by atoms with van der Waals surface area (Å²) in [4.78, 5) is 6.83. The standard InChI is InChI=1S/C21H36N4O.HI/c1-17(2)15-25-12-13-26-20(16-25)14-24-21(22-4)23-11-10-18(3)19-8-6-5-7-9-19;/h5-9,17-18,20H,10-16H2,1-4H3,(H2,22,23,24);1H. The lowest BCUT2D eigenvalue weighted by Gasteiger charge is -2.34. The van der Waals surface area contributed by atoms with E-state index in [1.54, 1.807) is 0 Å². The minimum Gasteiger partial charge on any atom is -0.374 e. The summed E-state index contributed by atoms with van der Waals surface area (Å²) in [6, 6.07) is 10.7. The van der Waals surface area contributed by atoms with Gasteiger partial charge >= 0.3 is 0 Å². The molecule has 5 nitrogen and oxygen atoms in total. The topological polar surface area (TPSA) is 48.9 Å². The molecular weight excluding hydrogens is 451 g/mol. The van der Waals surface area contributed by atoms with Gasteiger partial charge < -0.3 is 15.4 Å². The van der Waals surface area contributed by atoms with Crippen LogP contribution in [0.4, 0.5) is 0 Å². The first-order chi connectivity index (χ1) is 12.6. The molecule has 6 heteroatoms. The van der Waals surface area contributed by atoms with E-state index in [0.29, 0.717) is 11.8 Å². The number of benzene rings is 1. The van der Waals surface area contributed by atoms with Crippen molar-refractivity contribution in [1.82, 2.24) is 15.5 Å². The molecule has 0 amide bonds. The summed E-state index contributed by atoms with van der Waals surface area (Å²) in [6.45, 7) is 12.5. The van der Waals surface area contributed by atoms with E-state index in [9.17, 15) is 0 Å². The van der Waals surface area contributed by atoms with Crippen LogP contribution in [0.25, 0.3) is 0 Å². The van der Waals surface area contributed by atoms with Crippen molar-refractivity contribution in [3.05, 3.63) is 35.9 Å². The summed E-state index contributed by atoms with van der Waals surface area (Å²) in [5, 5.41) is 6.84. The summed E-state index contributed by atoms with van der Waals surface area (Å²) < 4.78 is 5.90. The zero-order valence-corrected chi connectivity index (χ0v) is 19.6. The number of ether oxygens (including phenoxy) is 1. The van der Waals surface area contributed by atoms with Crippen LogP contribution in [0.3, 0.4) is 0 Å². The maximum absolute atomic E-state index is 5.90. The van der Waals surface area contributed by atoms with Crippen LogP contribution in [0.15, 0.2) is 35.3 Å². The fraction of sp³-hybridized carbons (Fsp3) is 0.667. The van der Waals surface area contributed by atoms with E-state index in [4.69, 9.17) is 4.74 Å². The molecule has 0 aromatic heterocycles. The highest BCUT2D eigenvalue weighted by molar-refractivity contribution is 14.0. The van der Waals surface area contributed by atoms with Gasteiger partial charge in [0.2, 0.25) is 0 Å². The second-order valence-corrected chi connectivity index (χ2v) is 7.63. The molecule has 2 atom stereocenters. The number of nitrogens with zero attached hydrogens (tertiary/aromatic N) is 2. The molecule has 154 valence electrons. The molecule has 1 heterocycles. The van der Waals surface area contributed by atoms with Gasteiger partial charge in [0.1, 0.15) is 0 Å². The van der Waals surface area contributed by atoms with Crippen molar-refractivity contribution in [3.63, 3.8) is 0 Å². The molecule has 1 fully saturated rings. The smallest absolute Gasteiger partial charge is 0.191 e. The number of halogens is 1. The fourth-order valence-corrected chi connectivity index (χ4v) is 3.37. The Kier molecular flexibility index (Phi) is 11.9. The summed E-state index contributed by atoms with van der Waals surface area (Å²) >= 11 is 0. The van der Waals surface area contributed by atoms with Gasteiger partial charge in [0.05, 0.1) is 12.7 Å². The van der Waals surface area contributed by atoms with Crippen molar-refractivity contribution in [2.75, 3.05) is 46.4 Å². The molecule has 0 radical (unpaired) electrons. The van der Waals surface area contributed by atoms with Crippen molar-refractivity contribution in [2.45, 2.75) is 39.2 Å². The largest absolute Gasteiger partial charge is 0.374 e. The van der Waals surface area contributed by atoms with Crippen LogP contribution < -0.4 is 10.6 Å². The molecule has 2 N–H and O–H groups in total. The fourth-order valence-electron chi connectivity index (χ4n) is 3.37. The highest BCUT2D eigenvalue weighted by Gasteiger charge is 2.21. The molecule has 1 aliphatic rings. The number of hydrogen-bond acceptors (Lipinski definition) is 3. The van der Waals surface area contributed by atoms with Crippen molar-refractivity contribution in [2.24, 2.45) is 10.9 Å². The summed E-state index contributed by atoms with van der Waals surface area (Å²) in [5.74, 6) is 2.09. The molecule has 1 aromatic carbocycles. The van der Waals surface area contributed by atoms with Crippen molar-refractivity contribution in [1.29, 1.82) is 0 Å². The summed E-state index contributed by atoms with van der Waals surface area (Å²) in [6.07, 6.45) is 1.30. The lowest BCUT2D eigenvalue weighted by molar-refractivity contribution is -0.0284. The Morgan fingerprint density at radius 2 is 1.96 bits per heavy atom. The van der Waals surface area contributed by atoms with Crippen LogP contribution >= 0.6 is 24.0 Å². The van der Waals surface area contributed by atoms with Gasteiger partial charge in [-0.25, -0.2) is 0 Å². The number of hydrogen-bond donors (Lipinski definition) is 2. The second kappa shape index (κ2) is 13.3. The third-order valence-corrected chi connectivity index (χ3v) is 4.81. The highest BCUT2D eigenvalue weighted by atomic mass is 127. The minimum atomic E-state index is 0. The zero-order chi connectivity index (χ0) is 18.8. The van der Waals surface area contributed by atoms with Gasteiger partial charge in [-0.05, 0) is 23.8 Å². The lowest BCUT2D eigenvalue weighted by Crippen LogP contribution is -2.50. The first-order valence-corrected chi connectivity index (χ1v) is 9.92. The van der Waals surface area contributed by atoms with E-state index < -0.39 is 0 Å². The Bertz CT molecular complexity index is 538. The predicted molar refractivity (Wildman–Crippen MR) is 125 cm³/mol. The molecule has 2 unspecified atom stereocenters. The van der Waals surface area contributed by atoms with Crippen molar-refractivity contribution in [3.8, 4) is 0 Å². The van der Waals surface area contributed by atoms with Crippen LogP contribution in [0.5, 0.6) is 0 Å². The Balaban J connectivity index is 0.00000364. The van der Waals surface area contributed by atoms with E-state index in [-0.39, 0.29) is 30.1 Å². The van der Waals surface area contributed by atoms with Crippen LogP contribution in [-0.2, 0) is 4.74 Å². The number of aliphatic imine (C=N–C) groups is 1. The molecule has 1 saturated heterocycles. The maximum atomic E-state index is 5.90. The van der Waals surface area contributed by atoms with Crippen molar-refractivity contribution >= 4 is 29.9 Å². The quantitative estimate of drug-likeness (QED) is 0.335. The maximum Gasteiger partial charge on any atom is 0.191 e. The molecular formula is C21H37IN4O.